The van der Waals surface area contributed by atoms with Gasteiger partial charge in [-0.25, -0.2) is 4.79 Å². The molecule has 0 saturated heterocycles. The molecule has 0 radical (unpaired) electrons. The summed E-state index contributed by atoms with van der Waals surface area (Å²) in [6.45, 7) is 1.89. The van der Waals surface area contributed by atoms with E-state index in [-0.39, 0.29) is 0 Å². The van der Waals surface area contributed by atoms with Gasteiger partial charge in [0.25, 0.3) is 0 Å². The first kappa shape index (κ1) is 12.4. The summed E-state index contributed by atoms with van der Waals surface area (Å²) in [7, 11) is 0. The highest BCUT2D eigenvalue weighted by atomic mass is 16.4. The first-order valence-electron chi connectivity index (χ1n) is 6.34. The van der Waals surface area contributed by atoms with E-state index in [2.05, 4.69) is 4.98 Å². The van der Waals surface area contributed by atoms with E-state index >= 15 is 0 Å². The SMILES string of the molecule is Cc1ccc(-c2cccc3cnccc23)c(C(=O)O)c1. The number of carboxylic acid groups (broad SMARTS) is 1. The summed E-state index contributed by atoms with van der Waals surface area (Å²) in [6.07, 6.45) is 3.51. The Kier molecular flexibility index (Phi) is 2.95. The number of carboxylic acids is 1. The monoisotopic (exact) mass is 263 g/mol. The van der Waals surface area contributed by atoms with Gasteiger partial charge in [-0.05, 0) is 35.6 Å². The predicted octanol–water partition coefficient (Wildman–Crippen LogP) is 3.91. The first-order valence-corrected chi connectivity index (χ1v) is 6.34. The molecular formula is C17H13NO2. The van der Waals surface area contributed by atoms with E-state index in [9.17, 15) is 9.90 Å². The fraction of sp³-hybridized carbons (Fsp3) is 0.0588. The summed E-state index contributed by atoms with van der Waals surface area (Å²) in [4.78, 5) is 15.6. The molecule has 0 aliphatic carbocycles. The summed E-state index contributed by atoms with van der Waals surface area (Å²) >= 11 is 0. The van der Waals surface area contributed by atoms with Gasteiger partial charge in [-0.1, -0.05) is 35.9 Å². The minimum atomic E-state index is -0.908. The number of pyridine rings is 1. The number of carbonyl (C=O) groups is 1. The maximum Gasteiger partial charge on any atom is 0.336 e. The van der Waals surface area contributed by atoms with Crippen molar-refractivity contribution in [3.63, 3.8) is 0 Å². The van der Waals surface area contributed by atoms with Crippen LogP contribution >= 0.6 is 0 Å². The van der Waals surface area contributed by atoms with Crippen molar-refractivity contribution in [2.45, 2.75) is 6.92 Å². The maximum absolute atomic E-state index is 11.5. The van der Waals surface area contributed by atoms with Crippen molar-refractivity contribution >= 4 is 16.7 Å². The normalized spacial score (nSPS) is 10.7. The van der Waals surface area contributed by atoms with Crippen molar-refractivity contribution in [2.24, 2.45) is 0 Å². The third-order valence-corrected chi connectivity index (χ3v) is 3.38. The summed E-state index contributed by atoms with van der Waals surface area (Å²) in [6, 6.07) is 13.3. The average Bonchev–Trinajstić information content (AvgIpc) is 2.46. The lowest BCUT2D eigenvalue weighted by molar-refractivity contribution is 0.0697. The molecule has 0 fully saturated rings. The zero-order chi connectivity index (χ0) is 14.1. The quantitative estimate of drug-likeness (QED) is 0.762. The van der Waals surface area contributed by atoms with Crippen molar-refractivity contribution < 1.29 is 9.90 Å². The van der Waals surface area contributed by atoms with E-state index in [4.69, 9.17) is 0 Å². The zero-order valence-electron chi connectivity index (χ0n) is 11.0. The van der Waals surface area contributed by atoms with Crippen LogP contribution < -0.4 is 0 Å². The van der Waals surface area contributed by atoms with Crippen molar-refractivity contribution in [1.82, 2.24) is 4.98 Å². The van der Waals surface area contributed by atoms with Crippen molar-refractivity contribution in [3.05, 3.63) is 66.0 Å². The number of aromatic nitrogens is 1. The highest BCUT2D eigenvalue weighted by Gasteiger charge is 2.13. The molecule has 98 valence electrons. The fourth-order valence-corrected chi connectivity index (χ4v) is 2.43. The molecule has 0 bridgehead atoms. The first-order chi connectivity index (χ1) is 9.66. The molecule has 0 amide bonds. The van der Waals surface area contributed by atoms with E-state index in [1.165, 1.54) is 0 Å². The maximum atomic E-state index is 11.5. The molecular weight excluding hydrogens is 250 g/mol. The number of rotatable bonds is 2. The van der Waals surface area contributed by atoms with Crippen LogP contribution in [0.5, 0.6) is 0 Å². The van der Waals surface area contributed by atoms with Gasteiger partial charge in [0.2, 0.25) is 0 Å². The Morgan fingerprint density at radius 1 is 1.10 bits per heavy atom. The third-order valence-electron chi connectivity index (χ3n) is 3.38. The average molecular weight is 263 g/mol. The summed E-state index contributed by atoms with van der Waals surface area (Å²) in [5.74, 6) is -0.908. The van der Waals surface area contributed by atoms with Gasteiger partial charge in [0.05, 0.1) is 5.56 Å². The van der Waals surface area contributed by atoms with Crippen LogP contribution in [0.25, 0.3) is 21.9 Å². The lowest BCUT2D eigenvalue weighted by atomic mass is 9.94. The second kappa shape index (κ2) is 4.78. The van der Waals surface area contributed by atoms with Gasteiger partial charge < -0.3 is 5.11 Å². The van der Waals surface area contributed by atoms with Crippen LogP contribution in [0, 0.1) is 6.92 Å². The van der Waals surface area contributed by atoms with Crippen molar-refractivity contribution in [3.8, 4) is 11.1 Å². The van der Waals surface area contributed by atoms with Crippen LogP contribution in [0.15, 0.2) is 54.9 Å². The largest absolute Gasteiger partial charge is 0.478 e. The molecule has 3 heteroatoms. The van der Waals surface area contributed by atoms with E-state index in [1.807, 2.05) is 43.3 Å². The van der Waals surface area contributed by atoms with Gasteiger partial charge in [-0.2, -0.15) is 0 Å². The predicted molar refractivity (Wildman–Crippen MR) is 78.9 cm³/mol. The Labute approximate surface area is 116 Å². The van der Waals surface area contributed by atoms with Crippen molar-refractivity contribution in [1.29, 1.82) is 0 Å². The highest BCUT2D eigenvalue weighted by Crippen LogP contribution is 2.31. The van der Waals surface area contributed by atoms with Gasteiger partial charge in [0, 0.05) is 17.8 Å². The minimum Gasteiger partial charge on any atom is -0.478 e. The summed E-state index contributed by atoms with van der Waals surface area (Å²) in [5.41, 5.74) is 2.92. The number of aryl methyl sites for hydroxylation is 1. The molecule has 0 aliphatic rings. The molecule has 0 unspecified atom stereocenters. The number of fused-ring (bicyclic) bond motifs is 1. The number of aromatic carboxylic acids is 1. The third kappa shape index (κ3) is 2.03. The summed E-state index contributed by atoms with van der Waals surface area (Å²) < 4.78 is 0. The second-order valence-corrected chi connectivity index (χ2v) is 4.76. The molecule has 1 heterocycles. The standard InChI is InChI=1S/C17H13NO2/c1-11-5-6-15(16(9-11)17(19)20)14-4-2-3-12-10-18-8-7-13(12)14/h2-10H,1H3,(H,19,20). The fourth-order valence-electron chi connectivity index (χ4n) is 2.43. The molecule has 0 aliphatic heterocycles. The Bertz CT molecular complexity index is 804. The van der Waals surface area contributed by atoms with Gasteiger partial charge in [0.1, 0.15) is 0 Å². The van der Waals surface area contributed by atoms with E-state index in [0.29, 0.717) is 5.56 Å². The lowest BCUT2D eigenvalue weighted by Crippen LogP contribution is -2.00. The Balaban J connectivity index is 2.34. The smallest absolute Gasteiger partial charge is 0.336 e. The molecule has 0 spiro atoms. The van der Waals surface area contributed by atoms with Gasteiger partial charge in [0.15, 0.2) is 0 Å². The molecule has 3 rings (SSSR count). The van der Waals surface area contributed by atoms with Crippen LogP contribution in [-0.2, 0) is 0 Å². The Morgan fingerprint density at radius 3 is 2.75 bits per heavy atom. The molecule has 0 atom stereocenters. The van der Waals surface area contributed by atoms with Crippen LogP contribution in [0.3, 0.4) is 0 Å². The van der Waals surface area contributed by atoms with E-state index in [0.717, 1.165) is 27.5 Å². The second-order valence-electron chi connectivity index (χ2n) is 4.76. The van der Waals surface area contributed by atoms with Gasteiger partial charge in [-0.3, -0.25) is 4.98 Å². The van der Waals surface area contributed by atoms with Crippen LogP contribution in [0.1, 0.15) is 15.9 Å². The number of nitrogens with zero attached hydrogens (tertiary/aromatic N) is 1. The summed E-state index contributed by atoms with van der Waals surface area (Å²) in [5, 5.41) is 11.4. The molecule has 2 aromatic carbocycles. The van der Waals surface area contributed by atoms with Crippen molar-refractivity contribution in [2.75, 3.05) is 0 Å². The topological polar surface area (TPSA) is 50.2 Å². The number of hydrogen-bond donors (Lipinski definition) is 1. The molecule has 1 aromatic heterocycles. The molecule has 0 saturated carbocycles. The van der Waals surface area contributed by atoms with Crippen LogP contribution in [0.4, 0.5) is 0 Å². The molecule has 3 nitrogen and oxygen atoms in total. The van der Waals surface area contributed by atoms with Gasteiger partial charge >= 0.3 is 5.97 Å². The molecule has 3 aromatic rings. The molecule has 20 heavy (non-hydrogen) atoms. The number of hydrogen-bond acceptors (Lipinski definition) is 2. The number of benzene rings is 2. The minimum absolute atomic E-state index is 0.328. The van der Waals surface area contributed by atoms with E-state index < -0.39 is 5.97 Å². The Morgan fingerprint density at radius 2 is 1.95 bits per heavy atom. The van der Waals surface area contributed by atoms with Crippen LogP contribution in [-0.4, -0.2) is 16.1 Å². The highest BCUT2D eigenvalue weighted by molar-refractivity contribution is 6.03. The molecule has 1 N–H and O–H groups in total. The van der Waals surface area contributed by atoms with E-state index in [1.54, 1.807) is 18.5 Å². The zero-order valence-corrected chi connectivity index (χ0v) is 11.0. The lowest BCUT2D eigenvalue weighted by Gasteiger charge is -2.10. The van der Waals surface area contributed by atoms with Crippen LogP contribution in [0.2, 0.25) is 0 Å². The van der Waals surface area contributed by atoms with Gasteiger partial charge in [-0.15, -0.1) is 0 Å². The Hall–Kier alpha value is -2.68.